The fourth-order valence-corrected chi connectivity index (χ4v) is 3.41. The standard InChI is InChI=1S/C22H25FN4S/c1-18(20-8-3-2-4-9-20)25-22(28)27(13-6-12-26-14-11-24-17-26)16-19-7-5-10-21(23)15-19/h2-5,7-11,14-15,17-18H,6,12-13,16H2,1H3,(H,25,28). The normalized spacial score (nSPS) is 11.8. The third kappa shape index (κ3) is 5.89. The van der Waals surface area contributed by atoms with E-state index in [-0.39, 0.29) is 11.9 Å². The van der Waals surface area contributed by atoms with Crippen molar-refractivity contribution in [3.63, 3.8) is 0 Å². The van der Waals surface area contributed by atoms with E-state index in [0.29, 0.717) is 11.7 Å². The molecule has 1 N–H and O–H groups in total. The minimum Gasteiger partial charge on any atom is -0.356 e. The van der Waals surface area contributed by atoms with Crippen molar-refractivity contribution >= 4 is 17.3 Å². The van der Waals surface area contributed by atoms with Crippen molar-refractivity contribution in [2.75, 3.05) is 6.54 Å². The van der Waals surface area contributed by atoms with Gasteiger partial charge in [0.25, 0.3) is 0 Å². The molecule has 0 bridgehead atoms. The van der Waals surface area contributed by atoms with Gasteiger partial charge in [-0.25, -0.2) is 9.37 Å². The van der Waals surface area contributed by atoms with Gasteiger partial charge in [-0.1, -0.05) is 42.5 Å². The van der Waals surface area contributed by atoms with Gasteiger partial charge in [0.1, 0.15) is 5.82 Å². The second-order valence-electron chi connectivity index (χ2n) is 6.79. The molecule has 4 nitrogen and oxygen atoms in total. The molecule has 1 aromatic heterocycles. The van der Waals surface area contributed by atoms with Crippen molar-refractivity contribution in [1.82, 2.24) is 19.8 Å². The number of nitrogens with one attached hydrogen (secondary N) is 1. The maximum absolute atomic E-state index is 13.6. The Balaban J connectivity index is 1.65. The number of benzene rings is 2. The number of hydrogen-bond donors (Lipinski definition) is 1. The van der Waals surface area contributed by atoms with Crippen LogP contribution in [-0.4, -0.2) is 26.1 Å². The molecule has 0 fully saturated rings. The Hall–Kier alpha value is -2.73. The number of hydrogen-bond acceptors (Lipinski definition) is 2. The Labute approximate surface area is 171 Å². The van der Waals surface area contributed by atoms with E-state index in [1.165, 1.54) is 11.6 Å². The number of aryl methyl sites for hydroxylation is 1. The van der Waals surface area contributed by atoms with Crippen molar-refractivity contribution in [2.45, 2.75) is 32.5 Å². The highest BCUT2D eigenvalue weighted by molar-refractivity contribution is 7.80. The van der Waals surface area contributed by atoms with Gasteiger partial charge in [-0.05, 0) is 48.8 Å². The van der Waals surface area contributed by atoms with E-state index >= 15 is 0 Å². The quantitative estimate of drug-likeness (QED) is 0.566. The molecule has 1 unspecified atom stereocenters. The third-order valence-corrected chi connectivity index (χ3v) is 4.97. The van der Waals surface area contributed by atoms with Crippen LogP contribution in [0.4, 0.5) is 4.39 Å². The van der Waals surface area contributed by atoms with Crippen molar-refractivity contribution < 1.29 is 4.39 Å². The molecule has 2 aromatic carbocycles. The van der Waals surface area contributed by atoms with Gasteiger partial charge in [0.15, 0.2) is 5.11 Å². The monoisotopic (exact) mass is 396 g/mol. The van der Waals surface area contributed by atoms with E-state index in [4.69, 9.17) is 12.2 Å². The molecule has 0 aliphatic carbocycles. The number of thiocarbonyl (C=S) groups is 1. The summed E-state index contributed by atoms with van der Waals surface area (Å²) < 4.78 is 15.7. The zero-order valence-electron chi connectivity index (χ0n) is 16.0. The predicted octanol–water partition coefficient (Wildman–Crippen LogP) is 4.55. The van der Waals surface area contributed by atoms with Crippen LogP contribution in [0.15, 0.2) is 73.3 Å². The summed E-state index contributed by atoms with van der Waals surface area (Å²) in [5, 5.41) is 4.09. The van der Waals surface area contributed by atoms with Crippen molar-refractivity contribution in [3.05, 3.63) is 90.3 Å². The summed E-state index contributed by atoms with van der Waals surface area (Å²) in [7, 11) is 0. The Morgan fingerprint density at radius 1 is 1.21 bits per heavy atom. The molecule has 6 heteroatoms. The molecule has 0 aliphatic rings. The fraction of sp³-hybridized carbons (Fsp3) is 0.273. The van der Waals surface area contributed by atoms with Gasteiger partial charge >= 0.3 is 0 Å². The molecule has 0 saturated heterocycles. The minimum atomic E-state index is -0.229. The van der Waals surface area contributed by atoms with Gasteiger partial charge in [-0.2, -0.15) is 0 Å². The topological polar surface area (TPSA) is 33.1 Å². The van der Waals surface area contributed by atoms with Crippen molar-refractivity contribution in [1.29, 1.82) is 0 Å². The molecule has 1 atom stereocenters. The van der Waals surface area contributed by atoms with Crippen LogP contribution in [0.1, 0.15) is 30.5 Å². The van der Waals surface area contributed by atoms with Crippen LogP contribution < -0.4 is 5.32 Å². The molecule has 0 aliphatic heterocycles. The van der Waals surface area contributed by atoms with Crippen LogP contribution in [0.3, 0.4) is 0 Å². The molecule has 1 heterocycles. The highest BCUT2D eigenvalue weighted by Crippen LogP contribution is 2.14. The summed E-state index contributed by atoms with van der Waals surface area (Å²) in [6, 6.07) is 17.0. The summed E-state index contributed by atoms with van der Waals surface area (Å²) in [6.45, 7) is 4.28. The van der Waals surface area contributed by atoms with E-state index in [1.54, 1.807) is 18.3 Å². The van der Waals surface area contributed by atoms with Crippen LogP contribution in [0.25, 0.3) is 0 Å². The Kier molecular flexibility index (Phi) is 7.14. The Bertz CT molecular complexity index is 867. The van der Waals surface area contributed by atoms with Gasteiger partial charge in [-0.15, -0.1) is 0 Å². The van der Waals surface area contributed by atoms with Crippen LogP contribution in [0.5, 0.6) is 0 Å². The zero-order valence-corrected chi connectivity index (χ0v) is 16.8. The number of halogens is 1. The summed E-state index contributed by atoms with van der Waals surface area (Å²) in [5.74, 6) is -0.229. The average Bonchev–Trinajstić information content (AvgIpc) is 3.21. The minimum absolute atomic E-state index is 0.0948. The summed E-state index contributed by atoms with van der Waals surface area (Å²) in [4.78, 5) is 6.17. The molecule has 0 spiro atoms. The number of aromatic nitrogens is 2. The molecule has 0 radical (unpaired) electrons. The van der Waals surface area contributed by atoms with Crippen molar-refractivity contribution in [3.8, 4) is 0 Å². The number of imidazole rings is 1. The third-order valence-electron chi connectivity index (χ3n) is 4.59. The Morgan fingerprint density at radius 3 is 2.75 bits per heavy atom. The highest BCUT2D eigenvalue weighted by atomic mass is 32.1. The molecular weight excluding hydrogens is 371 g/mol. The van der Waals surface area contributed by atoms with Gasteiger partial charge in [0, 0.05) is 32.0 Å². The molecule has 28 heavy (non-hydrogen) atoms. The van der Waals surface area contributed by atoms with Gasteiger partial charge < -0.3 is 14.8 Å². The number of nitrogens with zero attached hydrogens (tertiary/aromatic N) is 3. The second-order valence-corrected chi connectivity index (χ2v) is 7.17. The van der Waals surface area contributed by atoms with Crippen LogP contribution in [0, 0.1) is 5.82 Å². The predicted molar refractivity (Wildman–Crippen MR) is 114 cm³/mol. The Morgan fingerprint density at radius 2 is 2.04 bits per heavy atom. The first-order valence-corrected chi connectivity index (χ1v) is 9.83. The van der Waals surface area contributed by atoms with Crippen LogP contribution >= 0.6 is 12.2 Å². The van der Waals surface area contributed by atoms with E-state index in [9.17, 15) is 4.39 Å². The first-order chi connectivity index (χ1) is 13.6. The van der Waals surface area contributed by atoms with Gasteiger partial charge in [0.2, 0.25) is 0 Å². The molecule has 3 rings (SSSR count). The molecule has 3 aromatic rings. The number of rotatable bonds is 8. The van der Waals surface area contributed by atoms with E-state index in [0.717, 1.165) is 25.1 Å². The van der Waals surface area contributed by atoms with E-state index < -0.39 is 0 Å². The molecule has 0 saturated carbocycles. The lowest BCUT2D eigenvalue weighted by molar-refractivity contribution is 0.379. The largest absolute Gasteiger partial charge is 0.356 e. The fourth-order valence-electron chi connectivity index (χ4n) is 3.07. The summed E-state index contributed by atoms with van der Waals surface area (Å²) in [6.07, 6.45) is 6.45. The lowest BCUT2D eigenvalue weighted by Gasteiger charge is -2.28. The highest BCUT2D eigenvalue weighted by Gasteiger charge is 2.14. The average molecular weight is 397 g/mol. The van der Waals surface area contributed by atoms with Crippen molar-refractivity contribution in [2.24, 2.45) is 0 Å². The smallest absolute Gasteiger partial charge is 0.169 e. The van der Waals surface area contributed by atoms with Gasteiger partial charge in [-0.3, -0.25) is 0 Å². The maximum Gasteiger partial charge on any atom is 0.169 e. The molecule has 146 valence electrons. The summed E-state index contributed by atoms with van der Waals surface area (Å²) in [5.41, 5.74) is 2.08. The second kappa shape index (κ2) is 9.99. The lowest BCUT2D eigenvalue weighted by Crippen LogP contribution is -2.41. The lowest BCUT2D eigenvalue weighted by atomic mass is 10.1. The SMILES string of the molecule is CC(NC(=S)N(CCCn1ccnc1)Cc1cccc(F)c1)c1ccccc1. The first kappa shape index (κ1) is 20.0. The van der Waals surface area contributed by atoms with E-state index in [2.05, 4.69) is 34.3 Å². The first-order valence-electron chi connectivity index (χ1n) is 9.42. The molecular formula is C22H25FN4S. The zero-order chi connectivity index (χ0) is 19.8. The van der Waals surface area contributed by atoms with Crippen LogP contribution in [-0.2, 0) is 13.1 Å². The van der Waals surface area contributed by atoms with Crippen LogP contribution in [0.2, 0.25) is 0 Å². The maximum atomic E-state index is 13.6. The molecule has 0 amide bonds. The van der Waals surface area contributed by atoms with Gasteiger partial charge in [0.05, 0.1) is 12.4 Å². The summed E-state index contributed by atoms with van der Waals surface area (Å²) >= 11 is 5.70. The van der Waals surface area contributed by atoms with E-state index in [1.807, 2.05) is 41.4 Å².